The van der Waals surface area contributed by atoms with E-state index in [1.165, 1.54) is 6.92 Å². The Morgan fingerprint density at radius 2 is 1.52 bits per heavy atom. The molecule has 0 saturated carbocycles. The Hall–Kier alpha value is -2.14. The number of ether oxygens (including phenoxy) is 1. The Balaban J connectivity index is 1.92. The van der Waals surface area contributed by atoms with Crippen molar-refractivity contribution in [3.05, 3.63) is 59.7 Å². The lowest BCUT2D eigenvalue weighted by Crippen LogP contribution is -2.30. The van der Waals surface area contributed by atoms with Crippen LogP contribution in [0, 0.1) is 0 Å². The van der Waals surface area contributed by atoms with Crippen LogP contribution in [0.4, 0.5) is 13.2 Å². The van der Waals surface area contributed by atoms with Gasteiger partial charge < -0.3 is 4.74 Å². The van der Waals surface area contributed by atoms with Crippen molar-refractivity contribution >= 4 is 5.78 Å². The standard InChI is InChI=1S/C18H15F3O2/c1-11(23-10-18(19,20)21)17(22)16-14-8-4-2-6-12(14)13-7-3-5-9-15(13)16/h2-9,11,16H,10H2,1H3. The second kappa shape index (κ2) is 5.81. The molecule has 0 aliphatic heterocycles. The van der Waals surface area contributed by atoms with Gasteiger partial charge in [-0.2, -0.15) is 13.2 Å². The molecule has 0 aromatic heterocycles. The highest BCUT2D eigenvalue weighted by Gasteiger charge is 2.37. The summed E-state index contributed by atoms with van der Waals surface area (Å²) >= 11 is 0. The molecule has 0 spiro atoms. The zero-order chi connectivity index (χ0) is 16.6. The summed E-state index contributed by atoms with van der Waals surface area (Å²) in [5, 5.41) is 0. The summed E-state index contributed by atoms with van der Waals surface area (Å²) < 4.78 is 41.6. The van der Waals surface area contributed by atoms with Crippen molar-refractivity contribution in [1.82, 2.24) is 0 Å². The summed E-state index contributed by atoms with van der Waals surface area (Å²) in [5.74, 6) is -0.933. The molecule has 0 amide bonds. The molecule has 1 aliphatic carbocycles. The predicted molar refractivity (Wildman–Crippen MR) is 80.2 cm³/mol. The molecule has 3 rings (SSSR count). The number of carbonyl (C=O) groups excluding carboxylic acids is 1. The Bertz CT molecular complexity index is 692. The highest BCUT2D eigenvalue weighted by molar-refractivity contribution is 5.99. The lowest BCUT2D eigenvalue weighted by atomic mass is 9.90. The normalized spacial score (nSPS) is 15.1. The Kier molecular flexibility index (Phi) is 3.98. The van der Waals surface area contributed by atoms with E-state index in [0.29, 0.717) is 0 Å². The molecule has 2 aromatic carbocycles. The van der Waals surface area contributed by atoms with Gasteiger partial charge in [-0.15, -0.1) is 0 Å². The fourth-order valence-corrected chi connectivity index (χ4v) is 3.00. The molecule has 2 nitrogen and oxygen atoms in total. The number of Topliss-reactive ketones (excluding diaryl/α,β-unsaturated/α-hetero) is 1. The first-order valence-corrected chi connectivity index (χ1v) is 7.29. The molecular weight excluding hydrogens is 305 g/mol. The molecule has 120 valence electrons. The van der Waals surface area contributed by atoms with Crippen molar-refractivity contribution < 1.29 is 22.7 Å². The number of hydrogen-bond acceptors (Lipinski definition) is 2. The lowest BCUT2D eigenvalue weighted by Gasteiger charge is -2.19. The molecule has 1 atom stereocenters. The van der Waals surface area contributed by atoms with Gasteiger partial charge in [0, 0.05) is 0 Å². The van der Waals surface area contributed by atoms with E-state index in [2.05, 4.69) is 0 Å². The molecule has 2 aromatic rings. The summed E-state index contributed by atoms with van der Waals surface area (Å²) in [5.41, 5.74) is 3.54. The van der Waals surface area contributed by atoms with E-state index in [-0.39, 0.29) is 5.78 Å². The molecule has 0 radical (unpaired) electrons. The van der Waals surface area contributed by atoms with Gasteiger partial charge in [0.25, 0.3) is 0 Å². The maximum atomic E-state index is 12.7. The van der Waals surface area contributed by atoms with Crippen LogP contribution < -0.4 is 0 Å². The maximum Gasteiger partial charge on any atom is 0.411 e. The van der Waals surface area contributed by atoms with Gasteiger partial charge in [-0.05, 0) is 29.2 Å². The number of benzene rings is 2. The molecular formula is C18H15F3O2. The number of rotatable bonds is 4. The zero-order valence-electron chi connectivity index (χ0n) is 12.4. The average Bonchev–Trinajstić information content (AvgIpc) is 2.86. The van der Waals surface area contributed by atoms with Crippen molar-refractivity contribution in [1.29, 1.82) is 0 Å². The van der Waals surface area contributed by atoms with Crippen LogP contribution >= 0.6 is 0 Å². The van der Waals surface area contributed by atoms with Crippen molar-refractivity contribution in [3.63, 3.8) is 0 Å². The Morgan fingerprint density at radius 3 is 2.00 bits per heavy atom. The minimum absolute atomic E-state index is 0.355. The molecule has 0 N–H and O–H groups in total. The smallest absolute Gasteiger partial charge is 0.361 e. The highest BCUT2D eigenvalue weighted by Crippen LogP contribution is 2.45. The van der Waals surface area contributed by atoms with Gasteiger partial charge in [-0.1, -0.05) is 48.5 Å². The van der Waals surface area contributed by atoms with Gasteiger partial charge >= 0.3 is 6.18 Å². The van der Waals surface area contributed by atoms with Crippen LogP contribution in [0.1, 0.15) is 24.0 Å². The number of fused-ring (bicyclic) bond motifs is 3. The fraction of sp³-hybridized carbons (Fsp3) is 0.278. The Morgan fingerprint density at radius 1 is 1.04 bits per heavy atom. The number of halogens is 3. The topological polar surface area (TPSA) is 26.3 Å². The van der Waals surface area contributed by atoms with Gasteiger partial charge in [0.1, 0.15) is 12.7 Å². The van der Waals surface area contributed by atoms with Gasteiger partial charge in [0.15, 0.2) is 5.78 Å². The van der Waals surface area contributed by atoms with Crippen LogP contribution in [-0.2, 0) is 9.53 Å². The number of alkyl halides is 3. The number of hydrogen-bond donors (Lipinski definition) is 0. The third-order valence-electron chi connectivity index (χ3n) is 4.02. The van der Waals surface area contributed by atoms with Gasteiger partial charge in [-0.3, -0.25) is 4.79 Å². The van der Waals surface area contributed by atoms with E-state index in [1.807, 2.05) is 48.5 Å². The summed E-state index contributed by atoms with van der Waals surface area (Å²) in [6.07, 6.45) is -5.57. The number of carbonyl (C=O) groups is 1. The molecule has 5 heteroatoms. The molecule has 0 bridgehead atoms. The van der Waals surface area contributed by atoms with E-state index in [1.54, 1.807) is 0 Å². The average molecular weight is 320 g/mol. The first-order chi connectivity index (χ1) is 10.9. The molecule has 0 heterocycles. The minimum Gasteiger partial charge on any atom is -0.361 e. The van der Waals surface area contributed by atoms with Crippen LogP contribution in [0.2, 0.25) is 0 Å². The van der Waals surface area contributed by atoms with Crippen LogP contribution in [-0.4, -0.2) is 24.7 Å². The molecule has 23 heavy (non-hydrogen) atoms. The molecule has 0 fully saturated rings. The van der Waals surface area contributed by atoms with Crippen LogP contribution in [0.25, 0.3) is 11.1 Å². The molecule has 1 unspecified atom stereocenters. The van der Waals surface area contributed by atoms with E-state index < -0.39 is 24.8 Å². The van der Waals surface area contributed by atoms with E-state index in [4.69, 9.17) is 4.74 Å². The van der Waals surface area contributed by atoms with E-state index in [0.717, 1.165) is 22.3 Å². The first kappa shape index (κ1) is 15.7. The second-order valence-corrected chi connectivity index (χ2v) is 5.58. The zero-order valence-corrected chi connectivity index (χ0v) is 12.4. The van der Waals surface area contributed by atoms with Crippen molar-refractivity contribution in [3.8, 4) is 11.1 Å². The van der Waals surface area contributed by atoms with Crippen molar-refractivity contribution in [2.75, 3.05) is 6.61 Å². The van der Waals surface area contributed by atoms with Crippen LogP contribution in [0.3, 0.4) is 0 Å². The fourth-order valence-electron chi connectivity index (χ4n) is 3.00. The second-order valence-electron chi connectivity index (χ2n) is 5.58. The van der Waals surface area contributed by atoms with Crippen molar-refractivity contribution in [2.45, 2.75) is 25.1 Å². The van der Waals surface area contributed by atoms with Crippen LogP contribution in [0.15, 0.2) is 48.5 Å². The number of ketones is 1. The largest absolute Gasteiger partial charge is 0.411 e. The quantitative estimate of drug-likeness (QED) is 0.838. The van der Waals surface area contributed by atoms with E-state index in [9.17, 15) is 18.0 Å². The lowest BCUT2D eigenvalue weighted by molar-refractivity contribution is -0.185. The predicted octanol–water partition coefficient (Wildman–Crippen LogP) is 4.34. The maximum absolute atomic E-state index is 12.7. The third kappa shape index (κ3) is 3.01. The summed E-state index contributed by atoms with van der Waals surface area (Å²) in [4.78, 5) is 12.7. The SMILES string of the molecule is CC(OCC(F)(F)F)C(=O)C1c2ccccc2-c2ccccc21. The minimum atomic E-state index is -4.44. The Labute approximate surface area is 131 Å². The van der Waals surface area contributed by atoms with Gasteiger partial charge in [0.05, 0.1) is 5.92 Å². The molecule has 0 saturated heterocycles. The van der Waals surface area contributed by atoms with Crippen molar-refractivity contribution in [2.24, 2.45) is 0 Å². The summed E-state index contributed by atoms with van der Waals surface area (Å²) in [6.45, 7) is -0.0481. The summed E-state index contributed by atoms with van der Waals surface area (Å²) in [6, 6.07) is 14.9. The van der Waals surface area contributed by atoms with Gasteiger partial charge in [-0.25, -0.2) is 0 Å². The third-order valence-corrected chi connectivity index (χ3v) is 4.02. The van der Waals surface area contributed by atoms with E-state index >= 15 is 0 Å². The monoisotopic (exact) mass is 320 g/mol. The molecule has 1 aliphatic rings. The highest BCUT2D eigenvalue weighted by atomic mass is 19.4. The van der Waals surface area contributed by atoms with Gasteiger partial charge in [0.2, 0.25) is 0 Å². The first-order valence-electron chi connectivity index (χ1n) is 7.29. The van der Waals surface area contributed by atoms with Crippen LogP contribution in [0.5, 0.6) is 0 Å². The summed E-state index contributed by atoms with van der Waals surface area (Å²) in [7, 11) is 0.